The Balaban J connectivity index is 1.58. The van der Waals surface area contributed by atoms with Crippen LogP contribution < -0.4 is 26.2 Å². The van der Waals surface area contributed by atoms with Gasteiger partial charge in [-0.25, -0.2) is 9.59 Å². The van der Waals surface area contributed by atoms with Crippen LogP contribution in [0.4, 0.5) is 26.7 Å². The molecule has 15 heteroatoms. The summed E-state index contributed by atoms with van der Waals surface area (Å²) in [4.78, 5) is 52.3. The molecule has 0 unspecified atom stereocenters. The molecule has 4 amide bonds. The molecule has 1 aliphatic heterocycles. The Labute approximate surface area is 250 Å². The van der Waals surface area contributed by atoms with Gasteiger partial charge < -0.3 is 41.1 Å². The van der Waals surface area contributed by atoms with Gasteiger partial charge in [0.1, 0.15) is 18.1 Å². The smallest absolute Gasteiger partial charge is 0.407 e. The second-order valence-corrected chi connectivity index (χ2v) is 10.1. The SMILES string of the molecule is CC(C)C1=CC(=O)NC(=NC(=O)NCCCCCCNC(=O)OCCNc2ccc(N(CCO)CCO)cc2[N+](=O)[O-])C1. The van der Waals surface area contributed by atoms with Gasteiger partial charge in [0.05, 0.1) is 18.1 Å². The number of nitro groups is 1. The van der Waals surface area contributed by atoms with Crippen LogP contribution in [0.3, 0.4) is 0 Å². The number of carbonyl (C=O) groups excluding carboxylic acids is 3. The second-order valence-electron chi connectivity index (χ2n) is 10.1. The molecule has 0 atom stereocenters. The Bertz CT molecular complexity index is 1150. The fourth-order valence-electron chi connectivity index (χ4n) is 4.23. The van der Waals surface area contributed by atoms with Crippen LogP contribution in [0.1, 0.15) is 46.0 Å². The van der Waals surface area contributed by atoms with Crippen molar-refractivity contribution in [2.24, 2.45) is 10.9 Å². The summed E-state index contributed by atoms with van der Waals surface area (Å²) in [5.41, 5.74) is 1.51. The molecule has 238 valence electrons. The average Bonchev–Trinajstić information content (AvgIpc) is 2.96. The van der Waals surface area contributed by atoms with Crippen molar-refractivity contribution in [1.29, 1.82) is 0 Å². The third-order valence-corrected chi connectivity index (χ3v) is 6.52. The predicted octanol–water partition coefficient (Wildman–Crippen LogP) is 2.29. The molecule has 0 fully saturated rings. The molecule has 0 aliphatic carbocycles. The number of urea groups is 1. The van der Waals surface area contributed by atoms with E-state index in [0.717, 1.165) is 31.3 Å². The van der Waals surface area contributed by atoms with Gasteiger partial charge in [0.2, 0.25) is 5.91 Å². The molecule has 1 aromatic rings. The van der Waals surface area contributed by atoms with Gasteiger partial charge >= 0.3 is 12.1 Å². The fourth-order valence-corrected chi connectivity index (χ4v) is 4.23. The van der Waals surface area contributed by atoms with Gasteiger partial charge in [0.25, 0.3) is 5.69 Å². The molecule has 0 bridgehead atoms. The zero-order valence-corrected chi connectivity index (χ0v) is 24.8. The summed E-state index contributed by atoms with van der Waals surface area (Å²) in [6.07, 6.45) is 4.53. The van der Waals surface area contributed by atoms with Crippen LogP contribution in [0.15, 0.2) is 34.8 Å². The fraction of sp³-hybridized carbons (Fsp3) is 0.571. The normalized spacial score (nSPS) is 13.7. The highest BCUT2D eigenvalue weighted by molar-refractivity contribution is 6.09. The van der Waals surface area contributed by atoms with Gasteiger partial charge in [0, 0.05) is 57.0 Å². The van der Waals surface area contributed by atoms with Crippen molar-refractivity contribution in [2.45, 2.75) is 46.0 Å². The van der Waals surface area contributed by atoms with E-state index in [4.69, 9.17) is 4.74 Å². The standard InChI is InChI=1S/C28H43N7O8/c1-20(2)21-17-25(32-26(38)18-21)33-27(39)30-9-5-3-4-6-10-31-28(40)43-16-11-29-23-8-7-22(19-24(23)35(41)42)34(12-14-36)13-15-37/h7-8,18-20,29,36-37H,3-6,9-17H2,1-2H3,(H,31,40)(H2,30,32,33,38,39). The Kier molecular flexibility index (Phi) is 15.5. The van der Waals surface area contributed by atoms with Crippen LogP contribution in [0.2, 0.25) is 0 Å². The van der Waals surface area contributed by atoms with Crippen LogP contribution in [0, 0.1) is 16.0 Å². The Morgan fingerprint density at radius 2 is 1.77 bits per heavy atom. The molecule has 2 rings (SSSR count). The average molecular weight is 606 g/mol. The summed E-state index contributed by atoms with van der Waals surface area (Å²) < 4.78 is 5.11. The highest BCUT2D eigenvalue weighted by Crippen LogP contribution is 2.29. The maximum Gasteiger partial charge on any atom is 0.407 e. The van der Waals surface area contributed by atoms with Crippen molar-refractivity contribution >= 4 is 40.9 Å². The summed E-state index contributed by atoms with van der Waals surface area (Å²) in [5, 5.41) is 40.8. The molecule has 6 N–H and O–H groups in total. The Morgan fingerprint density at radius 1 is 1.09 bits per heavy atom. The number of rotatable bonds is 18. The molecule has 0 spiro atoms. The zero-order valence-electron chi connectivity index (χ0n) is 24.8. The number of amidine groups is 1. The van der Waals surface area contributed by atoms with Crippen molar-refractivity contribution in [3.63, 3.8) is 0 Å². The molecule has 1 aromatic carbocycles. The molecule has 43 heavy (non-hydrogen) atoms. The largest absolute Gasteiger partial charge is 0.448 e. The third kappa shape index (κ3) is 13.1. The van der Waals surface area contributed by atoms with E-state index in [9.17, 15) is 34.7 Å². The van der Waals surface area contributed by atoms with E-state index in [1.54, 1.807) is 17.0 Å². The minimum absolute atomic E-state index is 0.00542. The van der Waals surface area contributed by atoms with E-state index in [1.807, 2.05) is 13.8 Å². The number of benzene rings is 1. The van der Waals surface area contributed by atoms with Gasteiger partial charge in [-0.3, -0.25) is 14.9 Å². The maximum atomic E-state index is 12.0. The van der Waals surface area contributed by atoms with Crippen LogP contribution in [0.25, 0.3) is 0 Å². The van der Waals surface area contributed by atoms with Crippen molar-refractivity contribution in [3.05, 3.63) is 40.0 Å². The number of hydrogen-bond donors (Lipinski definition) is 6. The minimum atomic E-state index is -0.591. The number of ether oxygens (including phenoxy) is 1. The highest BCUT2D eigenvalue weighted by atomic mass is 16.6. The van der Waals surface area contributed by atoms with Crippen molar-refractivity contribution in [2.75, 3.05) is 62.8 Å². The van der Waals surface area contributed by atoms with Gasteiger partial charge in [-0.05, 0) is 30.9 Å². The molecule has 0 saturated carbocycles. The number of nitrogens with one attached hydrogen (secondary N) is 4. The summed E-state index contributed by atoms with van der Waals surface area (Å²) >= 11 is 0. The zero-order chi connectivity index (χ0) is 31.6. The number of aliphatic imine (C=N–C) groups is 1. The molecule has 0 radical (unpaired) electrons. The summed E-state index contributed by atoms with van der Waals surface area (Å²) in [7, 11) is 0. The number of alkyl carbamates (subject to hydrolysis) is 1. The number of nitro benzene ring substituents is 1. The first-order chi connectivity index (χ1) is 20.6. The summed E-state index contributed by atoms with van der Waals surface area (Å²) in [6, 6.07) is 4.05. The first-order valence-electron chi connectivity index (χ1n) is 14.4. The van der Waals surface area contributed by atoms with Gasteiger partial charge in [0.15, 0.2) is 0 Å². The topological polar surface area (TPSA) is 208 Å². The lowest BCUT2D eigenvalue weighted by Crippen LogP contribution is -2.36. The summed E-state index contributed by atoms with van der Waals surface area (Å²) in [6.45, 7) is 5.11. The van der Waals surface area contributed by atoms with E-state index < -0.39 is 17.0 Å². The lowest BCUT2D eigenvalue weighted by molar-refractivity contribution is -0.383. The Morgan fingerprint density at radius 3 is 2.40 bits per heavy atom. The number of aliphatic hydroxyl groups is 2. The highest BCUT2D eigenvalue weighted by Gasteiger charge is 2.19. The van der Waals surface area contributed by atoms with Crippen molar-refractivity contribution in [3.8, 4) is 0 Å². The molecule has 15 nitrogen and oxygen atoms in total. The van der Waals surface area contributed by atoms with E-state index in [2.05, 4.69) is 26.3 Å². The number of amides is 4. The van der Waals surface area contributed by atoms with Gasteiger partial charge in [-0.1, -0.05) is 32.3 Å². The maximum absolute atomic E-state index is 12.0. The number of nitrogens with zero attached hydrogens (tertiary/aromatic N) is 3. The van der Waals surface area contributed by atoms with Crippen LogP contribution in [0.5, 0.6) is 0 Å². The number of aliphatic hydroxyl groups excluding tert-OH is 2. The van der Waals surface area contributed by atoms with Crippen LogP contribution >= 0.6 is 0 Å². The van der Waals surface area contributed by atoms with Crippen LogP contribution in [-0.2, 0) is 9.53 Å². The predicted molar refractivity (Wildman–Crippen MR) is 162 cm³/mol. The van der Waals surface area contributed by atoms with E-state index in [-0.39, 0.29) is 62.7 Å². The molecule has 0 saturated heterocycles. The quantitative estimate of drug-likeness (QED) is 0.0817. The molecular formula is C28H43N7O8. The number of hydrogen-bond acceptors (Lipinski definition) is 10. The van der Waals surface area contributed by atoms with E-state index in [0.29, 0.717) is 31.0 Å². The van der Waals surface area contributed by atoms with Gasteiger partial charge in [-0.2, -0.15) is 4.99 Å². The first-order valence-corrected chi connectivity index (χ1v) is 14.4. The Hall–Kier alpha value is -4.24. The van der Waals surface area contributed by atoms with Crippen molar-refractivity contribution < 1.29 is 34.3 Å². The van der Waals surface area contributed by atoms with Crippen molar-refractivity contribution in [1.82, 2.24) is 16.0 Å². The van der Waals surface area contributed by atoms with Crippen LogP contribution in [-0.4, -0.2) is 91.5 Å². The number of anilines is 2. The number of carbonyl (C=O) groups is 3. The monoisotopic (exact) mass is 605 g/mol. The second kappa shape index (κ2) is 19.0. The molecular weight excluding hydrogens is 562 g/mol. The molecule has 1 aliphatic rings. The third-order valence-electron chi connectivity index (χ3n) is 6.52. The lowest BCUT2D eigenvalue weighted by Gasteiger charge is -2.23. The molecule has 0 aromatic heterocycles. The first kappa shape index (κ1) is 35.0. The van der Waals surface area contributed by atoms with E-state index >= 15 is 0 Å². The van der Waals surface area contributed by atoms with Gasteiger partial charge in [-0.15, -0.1) is 0 Å². The minimum Gasteiger partial charge on any atom is -0.448 e. The lowest BCUT2D eigenvalue weighted by atomic mass is 9.97. The number of unbranched alkanes of at least 4 members (excludes halogenated alkanes) is 3. The summed E-state index contributed by atoms with van der Waals surface area (Å²) in [5.74, 6) is 0.272. The van der Waals surface area contributed by atoms with E-state index in [1.165, 1.54) is 12.1 Å². The molecule has 1 heterocycles.